The van der Waals surface area contributed by atoms with Crippen molar-refractivity contribution < 1.29 is 29.6 Å². The Morgan fingerprint density at radius 3 is 2.26 bits per heavy atom. The third-order valence-electron chi connectivity index (χ3n) is 5.09. The predicted octanol–water partition coefficient (Wildman–Crippen LogP) is 4.18. The zero-order chi connectivity index (χ0) is 22.1. The lowest BCUT2D eigenvalue weighted by atomic mass is 9.86. The van der Waals surface area contributed by atoms with Crippen molar-refractivity contribution in [1.82, 2.24) is 0 Å². The highest BCUT2D eigenvalue weighted by Crippen LogP contribution is 2.43. The smallest absolute Gasteiger partial charge is 0.304 e. The summed E-state index contributed by atoms with van der Waals surface area (Å²) in [5.41, 5.74) is 0.445. The number of aromatic hydroxyl groups is 3. The van der Waals surface area contributed by atoms with Gasteiger partial charge in [-0.2, -0.15) is 0 Å². The van der Waals surface area contributed by atoms with Gasteiger partial charge in [0, 0.05) is 29.2 Å². The third-order valence-corrected chi connectivity index (χ3v) is 5.09. The molecule has 1 aromatic heterocycles. The molecule has 4 aromatic rings. The molecule has 1 atom stereocenters. The Morgan fingerprint density at radius 1 is 0.935 bits per heavy atom. The number of hydrogen-bond acceptors (Lipinski definition) is 6. The van der Waals surface area contributed by atoms with Crippen LogP contribution >= 0.6 is 0 Å². The van der Waals surface area contributed by atoms with Gasteiger partial charge in [-0.15, -0.1) is 0 Å². The first kappa shape index (κ1) is 20.0. The summed E-state index contributed by atoms with van der Waals surface area (Å²) in [5, 5.41) is 40.2. The Balaban J connectivity index is 1.92. The maximum atomic E-state index is 12.8. The van der Waals surface area contributed by atoms with Crippen LogP contribution in [-0.2, 0) is 4.79 Å². The predicted molar refractivity (Wildman–Crippen MR) is 113 cm³/mol. The number of aliphatic carboxylic acids is 1. The van der Waals surface area contributed by atoms with Crippen LogP contribution in [0.4, 0.5) is 0 Å². The van der Waals surface area contributed by atoms with E-state index in [1.54, 1.807) is 42.5 Å². The fourth-order valence-electron chi connectivity index (χ4n) is 3.66. The van der Waals surface area contributed by atoms with Crippen LogP contribution < -0.4 is 5.43 Å². The van der Waals surface area contributed by atoms with E-state index in [4.69, 9.17) is 4.42 Å². The van der Waals surface area contributed by atoms with E-state index in [0.29, 0.717) is 11.1 Å². The topological polar surface area (TPSA) is 128 Å². The average Bonchev–Trinajstić information content (AvgIpc) is 2.73. The lowest BCUT2D eigenvalue weighted by Gasteiger charge is -2.19. The number of phenolic OH excluding ortho intramolecular Hbond substituents is 3. The molecular formula is C24H18O7. The van der Waals surface area contributed by atoms with Crippen molar-refractivity contribution in [1.29, 1.82) is 0 Å². The minimum atomic E-state index is -1.12. The Labute approximate surface area is 176 Å². The molecule has 7 nitrogen and oxygen atoms in total. The van der Waals surface area contributed by atoms with E-state index in [-0.39, 0.29) is 33.8 Å². The third kappa shape index (κ3) is 3.81. The first-order valence-corrected chi connectivity index (χ1v) is 9.44. The van der Waals surface area contributed by atoms with Gasteiger partial charge >= 0.3 is 5.97 Å². The molecule has 0 unspecified atom stereocenters. The van der Waals surface area contributed by atoms with Crippen LogP contribution in [0.15, 0.2) is 75.9 Å². The Hall–Kier alpha value is -4.26. The molecule has 3 aromatic carbocycles. The molecule has 31 heavy (non-hydrogen) atoms. The lowest BCUT2D eigenvalue weighted by Crippen LogP contribution is -2.10. The molecule has 0 radical (unpaired) electrons. The van der Waals surface area contributed by atoms with E-state index >= 15 is 0 Å². The van der Waals surface area contributed by atoms with E-state index in [1.165, 1.54) is 24.3 Å². The molecule has 0 amide bonds. The summed E-state index contributed by atoms with van der Waals surface area (Å²) in [5.74, 6) is -2.66. The first-order valence-electron chi connectivity index (χ1n) is 9.44. The molecule has 0 spiro atoms. The van der Waals surface area contributed by atoms with Crippen molar-refractivity contribution >= 4 is 16.9 Å². The van der Waals surface area contributed by atoms with Crippen LogP contribution in [0.1, 0.15) is 23.5 Å². The van der Waals surface area contributed by atoms with E-state index < -0.39 is 29.5 Å². The second-order valence-electron chi connectivity index (χ2n) is 7.11. The van der Waals surface area contributed by atoms with Gasteiger partial charge in [-0.3, -0.25) is 9.59 Å². The summed E-state index contributed by atoms with van der Waals surface area (Å²) < 4.78 is 5.73. The minimum Gasteiger partial charge on any atom is -0.508 e. The monoisotopic (exact) mass is 418 g/mol. The van der Waals surface area contributed by atoms with Gasteiger partial charge in [0.2, 0.25) is 0 Å². The van der Waals surface area contributed by atoms with Gasteiger partial charge in [0.25, 0.3) is 0 Å². The van der Waals surface area contributed by atoms with Gasteiger partial charge in [0.15, 0.2) is 5.43 Å². The molecule has 1 heterocycles. The zero-order valence-corrected chi connectivity index (χ0v) is 16.1. The standard InChI is InChI=1S/C24H18O7/c25-15-8-6-14(7-9-15)19-11-18(27)23-20(31-19)12-17(26)22(24(23)30)16(10-21(28)29)13-4-2-1-3-5-13/h1-9,11-12,16,25-26,30H,10H2,(H,28,29)/t16-/m1/s1. The Kier molecular flexibility index (Phi) is 5.09. The molecule has 0 bridgehead atoms. The lowest BCUT2D eigenvalue weighted by molar-refractivity contribution is -0.137. The van der Waals surface area contributed by atoms with E-state index in [9.17, 15) is 30.0 Å². The number of carboxylic acids is 1. The van der Waals surface area contributed by atoms with E-state index in [2.05, 4.69) is 0 Å². The number of hydrogen-bond donors (Lipinski definition) is 4. The second-order valence-corrected chi connectivity index (χ2v) is 7.11. The fraction of sp³-hybridized carbons (Fsp3) is 0.0833. The number of carboxylic acid groups (broad SMARTS) is 1. The molecule has 0 saturated carbocycles. The van der Waals surface area contributed by atoms with Gasteiger partial charge < -0.3 is 24.8 Å². The summed E-state index contributed by atoms with van der Waals surface area (Å²) in [4.78, 5) is 24.3. The van der Waals surface area contributed by atoms with Gasteiger partial charge in [-0.25, -0.2) is 0 Å². The van der Waals surface area contributed by atoms with Crippen LogP contribution in [0.5, 0.6) is 17.2 Å². The largest absolute Gasteiger partial charge is 0.508 e. The summed E-state index contributed by atoms with van der Waals surface area (Å²) in [6.45, 7) is 0. The van der Waals surface area contributed by atoms with Gasteiger partial charge in [-0.1, -0.05) is 30.3 Å². The molecule has 4 N–H and O–H groups in total. The number of carbonyl (C=O) groups is 1. The van der Waals surface area contributed by atoms with Crippen LogP contribution in [-0.4, -0.2) is 26.4 Å². The molecule has 4 rings (SSSR count). The Morgan fingerprint density at radius 2 is 1.61 bits per heavy atom. The van der Waals surface area contributed by atoms with Crippen molar-refractivity contribution in [2.75, 3.05) is 0 Å². The average molecular weight is 418 g/mol. The minimum absolute atomic E-state index is 0.0449. The maximum absolute atomic E-state index is 12.8. The maximum Gasteiger partial charge on any atom is 0.304 e. The van der Waals surface area contributed by atoms with Crippen LogP contribution in [0.2, 0.25) is 0 Å². The summed E-state index contributed by atoms with van der Waals surface area (Å²) in [6, 6.07) is 17.0. The number of rotatable bonds is 5. The SMILES string of the molecule is O=C(O)C[C@H](c1ccccc1)c1c(O)cc2oc(-c3ccc(O)cc3)cc(=O)c2c1O. The van der Waals surface area contributed by atoms with Gasteiger partial charge in [-0.05, 0) is 29.8 Å². The normalized spacial score (nSPS) is 12.0. The van der Waals surface area contributed by atoms with Crippen molar-refractivity contribution in [3.05, 3.63) is 88.1 Å². The molecule has 156 valence electrons. The summed E-state index contributed by atoms with van der Waals surface area (Å²) in [6.07, 6.45) is -0.395. The first-order chi connectivity index (χ1) is 14.8. The van der Waals surface area contributed by atoms with E-state index in [1.807, 2.05) is 0 Å². The molecule has 0 aliphatic heterocycles. The highest BCUT2D eigenvalue weighted by Gasteiger charge is 2.27. The van der Waals surface area contributed by atoms with E-state index in [0.717, 1.165) is 0 Å². The molecule has 0 saturated heterocycles. The number of fused-ring (bicyclic) bond motifs is 1. The highest BCUT2D eigenvalue weighted by atomic mass is 16.4. The van der Waals surface area contributed by atoms with Crippen molar-refractivity contribution in [3.63, 3.8) is 0 Å². The molecule has 0 fully saturated rings. The summed E-state index contributed by atoms with van der Waals surface area (Å²) in [7, 11) is 0. The molecule has 0 aliphatic rings. The quantitative estimate of drug-likeness (QED) is 0.383. The summed E-state index contributed by atoms with van der Waals surface area (Å²) >= 11 is 0. The highest BCUT2D eigenvalue weighted by molar-refractivity contribution is 5.89. The molecule has 0 aliphatic carbocycles. The van der Waals surface area contributed by atoms with Crippen LogP contribution in [0.25, 0.3) is 22.3 Å². The van der Waals surface area contributed by atoms with Crippen molar-refractivity contribution in [2.45, 2.75) is 12.3 Å². The molecule has 7 heteroatoms. The van der Waals surface area contributed by atoms with Gasteiger partial charge in [0.1, 0.15) is 34.0 Å². The van der Waals surface area contributed by atoms with Gasteiger partial charge in [0.05, 0.1) is 6.42 Å². The van der Waals surface area contributed by atoms with Crippen molar-refractivity contribution in [2.24, 2.45) is 0 Å². The number of phenols is 3. The number of benzene rings is 3. The fourth-order valence-corrected chi connectivity index (χ4v) is 3.66. The zero-order valence-electron chi connectivity index (χ0n) is 16.1. The van der Waals surface area contributed by atoms with Crippen LogP contribution in [0.3, 0.4) is 0 Å². The second kappa shape index (κ2) is 7.87. The van der Waals surface area contributed by atoms with Crippen LogP contribution in [0, 0.1) is 0 Å². The van der Waals surface area contributed by atoms with Crippen molar-refractivity contribution in [3.8, 4) is 28.6 Å². The Bertz CT molecular complexity index is 1320. The molecular weight excluding hydrogens is 400 g/mol.